The lowest BCUT2D eigenvalue weighted by Gasteiger charge is -2.24. The van der Waals surface area contributed by atoms with Gasteiger partial charge in [-0.1, -0.05) is 32.9 Å². The third kappa shape index (κ3) is 5.29. The maximum absolute atomic E-state index is 13.5. The molecule has 0 radical (unpaired) electrons. The van der Waals surface area contributed by atoms with Crippen LogP contribution in [-0.2, 0) is 0 Å². The Labute approximate surface area is 116 Å². The molecule has 0 fully saturated rings. The Morgan fingerprint density at radius 2 is 2.00 bits per heavy atom. The number of nitrogens with two attached hydrogens (primary N) is 1. The molecule has 19 heavy (non-hydrogen) atoms. The van der Waals surface area contributed by atoms with Gasteiger partial charge in [-0.15, -0.1) is 0 Å². The van der Waals surface area contributed by atoms with E-state index in [1.165, 1.54) is 0 Å². The van der Waals surface area contributed by atoms with Crippen molar-refractivity contribution in [2.24, 2.45) is 11.7 Å². The Balaban J connectivity index is 2.54. The molecular weight excluding hydrogens is 239 g/mol. The molecule has 0 amide bonds. The number of nitrogens with zero attached hydrogens (tertiary/aromatic N) is 1. The van der Waals surface area contributed by atoms with Crippen molar-refractivity contribution in [3.05, 3.63) is 35.1 Å². The maximum Gasteiger partial charge on any atom is 0.126 e. The number of rotatable bonds is 7. The molecule has 1 rings (SSSR count). The number of hydrogen-bond donors (Lipinski definition) is 1. The highest BCUT2D eigenvalue weighted by molar-refractivity contribution is 5.25. The highest BCUT2D eigenvalue weighted by Crippen LogP contribution is 2.18. The minimum atomic E-state index is -0.164. The molecule has 0 saturated heterocycles. The van der Waals surface area contributed by atoms with Gasteiger partial charge < -0.3 is 10.6 Å². The third-order valence-corrected chi connectivity index (χ3v) is 3.45. The zero-order valence-electron chi connectivity index (χ0n) is 12.6. The van der Waals surface area contributed by atoms with Crippen LogP contribution in [0.5, 0.6) is 0 Å². The van der Waals surface area contributed by atoms with Crippen molar-refractivity contribution in [3.8, 4) is 0 Å². The second kappa shape index (κ2) is 7.61. The lowest BCUT2D eigenvalue weighted by atomic mass is 10.0. The van der Waals surface area contributed by atoms with Crippen molar-refractivity contribution in [3.63, 3.8) is 0 Å². The summed E-state index contributed by atoms with van der Waals surface area (Å²) < 4.78 is 13.5. The van der Waals surface area contributed by atoms with Gasteiger partial charge in [0, 0.05) is 12.6 Å². The zero-order valence-corrected chi connectivity index (χ0v) is 12.6. The molecule has 0 aliphatic carbocycles. The molecule has 2 nitrogen and oxygen atoms in total. The average Bonchev–Trinajstić information content (AvgIpc) is 2.36. The van der Waals surface area contributed by atoms with Gasteiger partial charge in [0.2, 0.25) is 0 Å². The first kappa shape index (κ1) is 16.1. The molecule has 0 bridgehead atoms. The summed E-state index contributed by atoms with van der Waals surface area (Å²) in [6.45, 7) is 11.5. The summed E-state index contributed by atoms with van der Waals surface area (Å²) in [4.78, 5) is 2.40. The fourth-order valence-electron chi connectivity index (χ4n) is 2.22. The minimum Gasteiger partial charge on any atom is -0.324 e. The monoisotopic (exact) mass is 266 g/mol. The van der Waals surface area contributed by atoms with E-state index in [1.807, 2.05) is 6.07 Å². The second-order valence-corrected chi connectivity index (χ2v) is 5.69. The van der Waals surface area contributed by atoms with E-state index >= 15 is 0 Å². The molecule has 108 valence electrons. The second-order valence-electron chi connectivity index (χ2n) is 5.69. The topological polar surface area (TPSA) is 29.3 Å². The molecule has 0 aromatic heterocycles. The van der Waals surface area contributed by atoms with E-state index in [0.717, 1.165) is 31.6 Å². The Morgan fingerprint density at radius 1 is 1.32 bits per heavy atom. The molecule has 0 aliphatic rings. The van der Waals surface area contributed by atoms with Gasteiger partial charge in [-0.25, -0.2) is 4.39 Å². The predicted octanol–water partition coefficient (Wildman–Crippen LogP) is 3.50. The molecule has 1 unspecified atom stereocenters. The summed E-state index contributed by atoms with van der Waals surface area (Å²) in [6, 6.07) is 5.22. The number of aryl methyl sites for hydroxylation is 1. The summed E-state index contributed by atoms with van der Waals surface area (Å²) in [7, 11) is 0. The molecule has 1 aromatic rings. The lowest BCUT2D eigenvalue weighted by molar-refractivity contribution is 0.247. The van der Waals surface area contributed by atoms with Crippen LogP contribution in [0.15, 0.2) is 18.2 Å². The van der Waals surface area contributed by atoms with Crippen LogP contribution in [-0.4, -0.2) is 24.5 Å². The van der Waals surface area contributed by atoms with E-state index in [4.69, 9.17) is 5.73 Å². The van der Waals surface area contributed by atoms with Crippen LogP contribution in [0.4, 0.5) is 4.39 Å². The van der Waals surface area contributed by atoms with E-state index in [9.17, 15) is 4.39 Å². The first-order valence-electron chi connectivity index (χ1n) is 7.18. The van der Waals surface area contributed by atoms with Gasteiger partial charge in [0.1, 0.15) is 5.82 Å². The molecule has 0 saturated carbocycles. The fraction of sp³-hybridized carbons (Fsp3) is 0.625. The van der Waals surface area contributed by atoms with E-state index in [2.05, 4.69) is 25.7 Å². The fourth-order valence-corrected chi connectivity index (χ4v) is 2.22. The third-order valence-electron chi connectivity index (χ3n) is 3.45. The number of benzene rings is 1. The van der Waals surface area contributed by atoms with Crippen LogP contribution >= 0.6 is 0 Å². The van der Waals surface area contributed by atoms with Gasteiger partial charge in [-0.2, -0.15) is 0 Å². The quantitative estimate of drug-likeness (QED) is 0.818. The minimum absolute atomic E-state index is 0.0867. The summed E-state index contributed by atoms with van der Waals surface area (Å²) in [6.07, 6.45) is 0.864. The predicted molar refractivity (Wildman–Crippen MR) is 79.6 cm³/mol. The standard InChI is InChI=1S/C16H27FN2/c1-5-19(11-12(2)3)9-8-16(18)14-7-6-13(4)15(17)10-14/h6-7,10,12,16H,5,8-9,11,18H2,1-4H3. The zero-order chi connectivity index (χ0) is 14.4. The molecule has 0 heterocycles. The average molecular weight is 266 g/mol. The maximum atomic E-state index is 13.5. The van der Waals surface area contributed by atoms with Crippen LogP contribution in [0.2, 0.25) is 0 Å². The summed E-state index contributed by atoms with van der Waals surface area (Å²) in [5, 5.41) is 0. The first-order chi connectivity index (χ1) is 8.93. The van der Waals surface area contributed by atoms with Crippen LogP contribution in [0.25, 0.3) is 0 Å². The highest BCUT2D eigenvalue weighted by atomic mass is 19.1. The Bertz CT molecular complexity index is 390. The molecule has 0 aliphatic heterocycles. The van der Waals surface area contributed by atoms with Gasteiger partial charge in [-0.05, 0) is 49.5 Å². The number of halogens is 1. The van der Waals surface area contributed by atoms with Crippen molar-refractivity contribution < 1.29 is 4.39 Å². The van der Waals surface area contributed by atoms with Gasteiger partial charge in [0.25, 0.3) is 0 Å². The van der Waals surface area contributed by atoms with Gasteiger partial charge >= 0.3 is 0 Å². The Kier molecular flexibility index (Phi) is 6.46. The van der Waals surface area contributed by atoms with E-state index < -0.39 is 0 Å². The van der Waals surface area contributed by atoms with Crippen LogP contribution < -0.4 is 5.73 Å². The van der Waals surface area contributed by atoms with Crippen LogP contribution in [0.3, 0.4) is 0 Å². The van der Waals surface area contributed by atoms with Gasteiger partial charge in [0.05, 0.1) is 0 Å². The molecule has 0 spiro atoms. The molecule has 1 aromatic carbocycles. The summed E-state index contributed by atoms with van der Waals surface area (Å²) >= 11 is 0. The Morgan fingerprint density at radius 3 is 2.53 bits per heavy atom. The Hall–Kier alpha value is -0.930. The largest absolute Gasteiger partial charge is 0.324 e. The highest BCUT2D eigenvalue weighted by Gasteiger charge is 2.11. The summed E-state index contributed by atoms with van der Waals surface area (Å²) in [5.41, 5.74) is 7.72. The van der Waals surface area contributed by atoms with Crippen molar-refractivity contribution in [1.29, 1.82) is 0 Å². The van der Waals surface area contributed by atoms with Crippen molar-refractivity contribution in [2.75, 3.05) is 19.6 Å². The molecule has 2 N–H and O–H groups in total. The van der Waals surface area contributed by atoms with Crippen molar-refractivity contribution >= 4 is 0 Å². The number of hydrogen-bond acceptors (Lipinski definition) is 2. The molecule has 1 atom stereocenters. The normalized spacial score (nSPS) is 13.3. The first-order valence-corrected chi connectivity index (χ1v) is 7.18. The van der Waals surface area contributed by atoms with Crippen LogP contribution in [0.1, 0.15) is 44.4 Å². The van der Waals surface area contributed by atoms with Crippen molar-refractivity contribution in [1.82, 2.24) is 4.90 Å². The SMILES string of the molecule is CCN(CCC(N)c1ccc(C)c(F)c1)CC(C)C. The summed E-state index contributed by atoms with van der Waals surface area (Å²) in [5.74, 6) is 0.496. The van der Waals surface area contributed by atoms with Gasteiger partial charge in [0.15, 0.2) is 0 Å². The smallest absolute Gasteiger partial charge is 0.126 e. The van der Waals surface area contributed by atoms with E-state index in [0.29, 0.717) is 11.5 Å². The lowest BCUT2D eigenvalue weighted by Crippen LogP contribution is -2.30. The van der Waals surface area contributed by atoms with Crippen molar-refractivity contribution in [2.45, 2.75) is 40.2 Å². The van der Waals surface area contributed by atoms with E-state index in [1.54, 1.807) is 19.1 Å². The molecule has 3 heteroatoms. The van der Waals surface area contributed by atoms with E-state index in [-0.39, 0.29) is 11.9 Å². The molecular formula is C16H27FN2. The van der Waals surface area contributed by atoms with Gasteiger partial charge in [-0.3, -0.25) is 0 Å². The van der Waals surface area contributed by atoms with Crippen LogP contribution in [0, 0.1) is 18.7 Å².